The van der Waals surface area contributed by atoms with E-state index < -0.39 is 0 Å². The van der Waals surface area contributed by atoms with Crippen molar-refractivity contribution in [3.8, 4) is 0 Å². The summed E-state index contributed by atoms with van der Waals surface area (Å²) in [5.41, 5.74) is 4.26. The second kappa shape index (κ2) is 6.19. The van der Waals surface area contributed by atoms with Crippen molar-refractivity contribution in [2.45, 2.75) is 20.3 Å². The van der Waals surface area contributed by atoms with Crippen molar-refractivity contribution in [2.24, 2.45) is 0 Å². The molecule has 0 aromatic heterocycles. The van der Waals surface area contributed by atoms with Gasteiger partial charge in [0.2, 0.25) is 0 Å². The van der Waals surface area contributed by atoms with Gasteiger partial charge in [0.1, 0.15) is 0 Å². The molecule has 2 aromatic rings. The Labute approximate surface area is 114 Å². The van der Waals surface area contributed by atoms with E-state index in [4.69, 9.17) is 0 Å². The first-order valence-electron chi connectivity index (χ1n) is 6.55. The number of anilines is 1. The lowest BCUT2D eigenvalue weighted by Crippen LogP contribution is -2.08. The molecular formula is C17H19NO. The third-order valence-electron chi connectivity index (χ3n) is 3.11. The average Bonchev–Trinajstić information content (AvgIpc) is 2.41. The number of nitrogens with one attached hydrogen (secondary N) is 1. The summed E-state index contributed by atoms with van der Waals surface area (Å²) in [5.74, 6) is 0.180. The third-order valence-corrected chi connectivity index (χ3v) is 3.11. The first kappa shape index (κ1) is 13.3. The molecule has 19 heavy (non-hydrogen) atoms. The molecule has 0 unspecified atom stereocenters. The highest BCUT2D eigenvalue weighted by Gasteiger charge is 2.04. The third kappa shape index (κ3) is 3.95. The van der Waals surface area contributed by atoms with E-state index in [1.165, 1.54) is 11.1 Å². The van der Waals surface area contributed by atoms with E-state index in [0.29, 0.717) is 13.0 Å². The number of carbonyl (C=O) groups is 1. The normalized spacial score (nSPS) is 10.2. The first-order chi connectivity index (χ1) is 9.15. The maximum atomic E-state index is 12.0. The number of hydrogen-bond donors (Lipinski definition) is 1. The monoisotopic (exact) mass is 253 g/mol. The molecule has 0 spiro atoms. The van der Waals surface area contributed by atoms with E-state index >= 15 is 0 Å². The summed E-state index contributed by atoms with van der Waals surface area (Å²) in [4.78, 5) is 12.0. The van der Waals surface area contributed by atoms with Gasteiger partial charge in [-0.2, -0.15) is 0 Å². The Morgan fingerprint density at radius 3 is 2.00 bits per heavy atom. The molecule has 2 heteroatoms. The van der Waals surface area contributed by atoms with Crippen LogP contribution in [0.1, 0.15) is 27.9 Å². The predicted molar refractivity (Wildman–Crippen MR) is 79.8 cm³/mol. The van der Waals surface area contributed by atoms with Crippen LogP contribution in [0.15, 0.2) is 48.5 Å². The lowest BCUT2D eigenvalue weighted by atomic mass is 10.1. The number of hydrogen-bond acceptors (Lipinski definition) is 2. The number of benzene rings is 2. The van der Waals surface area contributed by atoms with E-state index in [1.54, 1.807) is 0 Å². The van der Waals surface area contributed by atoms with Gasteiger partial charge >= 0.3 is 0 Å². The molecule has 0 atom stereocenters. The molecule has 2 nitrogen and oxygen atoms in total. The molecule has 0 radical (unpaired) electrons. The van der Waals surface area contributed by atoms with Crippen molar-refractivity contribution >= 4 is 11.5 Å². The second-order valence-electron chi connectivity index (χ2n) is 4.83. The van der Waals surface area contributed by atoms with E-state index in [0.717, 1.165) is 11.3 Å². The molecule has 2 aromatic carbocycles. The molecule has 0 aliphatic carbocycles. The van der Waals surface area contributed by atoms with Crippen molar-refractivity contribution in [2.75, 3.05) is 11.9 Å². The van der Waals surface area contributed by atoms with Crippen molar-refractivity contribution < 1.29 is 4.79 Å². The zero-order chi connectivity index (χ0) is 13.7. The van der Waals surface area contributed by atoms with Crippen LogP contribution < -0.4 is 5.32 Å². The molecule has 0 saturated carbocycles. The fourth-order valence-corrected chi connectivity index (χ4v) is 1.88. The van der Waals surface area contributed by atoms with Crippen molar-refractivity contribution in [3.05, 3.63) is 65.2 Å². The Morgan fingerprint density at radius 1 is 0.895 bits per heavy atom. The Morgan fingerprint density at radius 2 is 1.42 bits per heavy atom. The van der Waals surface area contributed by atoms with Crippen LogP contribution in [0, 0.1) is 13.8 Å². The van der Waals surface area contributed by atoms with Crippen molar-refractivity contribution in [3.63, 3.8) is 0 Å². The van der Waals surface area contributed by atoms with Gasteiger partial charge in [0.05, 0.1) is 0 Å². The Hall–Kier alpha value is -2.09. The molecule has 0 bridgehead atoms. The zero-order valence-electron chi connectivity index (χ0n) is 11.4. The minimum absolute atomic E-state index is 0.180. The molecule has 0 aliphatic rings. The van der Waals surface area contributed by atoms with Gasteiger partial charge in [-0.25, -0.2) is 0 Å². The SMILES string of the molecule is Cc1ccc(NCCC(=O)c2ccc(C)cc2)cc1. The van der Waals surface area contributed by atoms with Gasteiger partial charge in [-0.05, 0) is 26.0 Å². The van der Waals surface area contributed by atoms with Gasteiger partial charge in [0, 0.05) is 24.2 Å². The smallest absolute Gasteiger partial charge is 0.164 e. The van der Waals surface area contributed by atoms with Crippen molar-refractivity contribution in [1.29, 1.82) is 0 Å². The molecule has 0 aliphatic heterocycles. The fraction of sp³-hybridized carbons (Fsp3) is 0.235. The highest BCUT2D eigenvalue weighted by atomic mass is 16.1. The summed E-state index contributed by atoms with van der Waals surface area (Å²) in [6.45, 7) is 4.74. The molecular weight excluding hydrogens is 234 g/mol. The molecule has 0 saturated heterocycles. The van der Waals surface area contributed by atoms with Crippen LogP contribution in [-0.2, 0) is 0 Å². The lowest BCUT2D eigenvalue weighted by Gasteiger charge is -2.06. The van der Waals surface area contributed by atoms with Crippen LogP contribution in [0.5, 0.6) is 0 Å². The highest BCUT2D eigenvalue weighted by molar-refractivity contribution is 5.96. The van der Waals surface area contributed by atoms with Crippen LogP contribution in [0.2, 0.25) is 0 Å². The van der Waals surface area contributed by atoms with Gasteiger partial charge in [0.25, 0.3) is 0 Å². The number of aryl methyl sites for hydroxylation is 2. The minimum atomic E-state index is 0.180. The molecule has 2 rings (SSSR count). The summed E-state index contributed by atoms with van der Waals surface area (Å²) < 4.78 is 0. The molecule has 0 amide bonds. The van der Waals surface area contributed by atoms with Crippen LogP contribution in [0.4, 0.5) is 5.69 Å². The maximum absolute atomic E-state index is 12.0. The summed E-state index contributed by atoms with van der Waals surface area (Å²) >= 11 is 0. The van der Waals surface area contributed by atoms with Gasteiger partial charge in [-0.3, -0.25) is 4.79 Å². The molecule has 0 fully saturated rings. The maximum Gasteiger partial charge on any atom is 0.164 e. The van der Waals surface area contributed by atoms with Crippen LogP contribution in [0.3, 0.4) is 0 Å². The Balaban J connectivity index is 1.84. The van der Waals surface area contributed by atoms with E-state index in [2.05, 4.69) is 24.4 Å². The molecule has 98 valence electrons. The minimum Gasteiger partial charge on any atom is -0.385 e. The van der Waals surface area contributed by atoms with Gasteiger partial charge in [0.15, 0.2) is 5.78 Å². The second-order valence-corrected chi connectivity index (χ2v) is 4.83. The van der Waals surface area contributed by atoms with Gasteiger partial charge < -0.3 is 5.32 Å². The number of ketones is 1. The quantitative estimate of drug-likeness (QED) is 0.816. The lowest BCUT2D eigenvalue weighted by molar-refractivity contribution is 0.0986. The van der Waals surface area contributed by atoms with Gasteiger partial charge in [-0.1, -0.05) is 47.5 Å². The Bertz CT molecular complexity index is 540. The Kier molecular flexibility index (Phi) is 4.35. The standard InChI is InChI=1S/C17H19NO/c1-13-3-7-15(8-4-13)17(19)11-12-18-16-9-5-14(2)6-10-16/h3-10,18H,11-12H2,1-2H3. The van der Waals surface area contributed by atoms with Crippen LogP contribution in [-0.4, -0.2) is 12.3 Å². The molecule has 1 N–H and O–H groups in total. The van der Waals surface area contributed by atoms with Crippen LogP contribution >= 0.6 is 0 Å². The average molecular weight is 253 g/mol. The fourth-order valence-electron chi connectivity index (χ4n) is 1.88. The largest absolute Gasteiger partial charge is 0.385 e. The summed E-state index contributed by atoms with van der Waals surface area (Å²) in [5, 5.41) is 3.26. The van der Waals surface area contributed by atoms with E-state index in [-0.39, 0.29) is 5.78 Å². The summed E-state index contributed by atoms with van der Waals surface area (Å²) in [7, 11) is 0. The summed E-state index contributed by atoms with van der Waals surface area (Å²) in [6, 6.07) is 15.9. The number of carbonyl (C=O) groups excluding carboxylic acids is 1. The van der Waals surface area contributed by atoms with E-state index in [9.17, 15) is 4.79 Å². The first-order valence-corrected chi connectivity index (χ1v) is 6.55. The van der Waals surface area contributed by atoms with E-state index in [1.807, 2.05) is 43.3 Å². The summed E-state index contributed by atoms with van der Waals surface area (Å²) in [6.07, 6.45) is 0.511. The number of rotatable bonds is 5. The molecule has 0 heterocycles. The van der Waals surface area contributed by atoms with Gasteiger partial charge in [-0.15, -0.1) is 0 Å². The number of Topliss-reactive ketones (excluding diaryl/α,β-unsaturated/α-hetero) is 1. The van der Waals surface area contributed by atoms with Crippen LogP contribution in [0.25, 0.3) is 0 Å². The predicted octanol–water partition coefficient (Wildman–Crippen LogP) is 3.99. The zero-order valence-corrected chi connectivity index (χ0v) is 11.4. The van der Waals surface area contributed by atoms with Crippen molar-refractivity contribution in [1.82, 2.24) is 0 Å². The highest BCUT2D eigenvalue weighted by Crippen LogP contribution is 2.10. The topological polar surface area (TPSA) is 29.1 Å².